The third-order valence-electron chi connectivity index (χ3n) is 5.10. The summed E-state index contributed by atoms with van der Waals surface area (Å²) in [4.78, 5) is 38.0. The number of carbonyl (C=O) groups excluding carboxylic acids is 1. The van der Waals surface area contributed by atoms with Crippen molar-refractivity contribution in [3.63, 3.8) is 0 Å². The molecule has 0 fully saturated rings. The number of amides is 1. The first-order valence-electron chi connectivity index (χ1n) is 10.6. The summed E-state index contributed by atoms with van der Waals surface area (Å²) < 4.78 is 8.17. The molecule has 1 N–H and O–H groups in total. The molecule has 1 heterocycles. The van der Waals surface area contributed by atoms with Gasteiger partial charge in [-0.05, 0) is 42.8 Å². The predicted octanol–water partition coefficient (Wildman–Crippen LogP) is 4.45. The average molecular weight is 476 g/mol. The Morgan fingerprint density at radius 2 is 1.71 bits per heavy atom. The fourth-order valence-electron chi connectivity index (χ4n) is 3.36. The minimum absolute atomic E-state index is 0.282. The van der Waals surface area contributed by atoms with E-state index in [2.05, 4.69) is 5.32 Å². The number of nitrogens with one attached hydrogen (secondary N) is 1. The zero-order valence-electron chi connectivity index (χ0n) is 18.4. The summed E-state index contributed by atoms with van der Waals surface area (Å²) in [6, 6.07) is 22.9. The van der Waals surface area contributed by atoms with E-state index in [4.69, 9.17) is 16.3 Å². The molecule has 0 atom stereocenters. The van der Waals surface area contributed by atoms with Gasteiger partial charge in [-0.2, -0.15) is 0 Å². The van der Waals surface area contributed by atoms with Crippen LogP contribution in [0.15, 0.2) is 94.6 Å². The number of hydrogen-bond acceptors (Lipinski definition) is 4. The van der Waals surface area contributed by atoms with Gasteiger partial charge in [0.2, 0.25) is 5.91 Å². The second kappa shape index (κ2) is 10.2. The maximum atomic E-state index is 12.9. The fraction of sp³-hybridized carbons (Fsp3) is 0.115. The lowest BCUT2D eigenvalue weighted by molar-refractivity contribution is -0.116. The van der Waals surface area contributed by atoms with Crippen molar-refractivity contribution in [2.75, 3.05) is 5.32 Å². The van der Waals surface area contributed by atoms with Crippen LogP contribution in [0.25, 0.3) is 0 Å². The van der Waals surface area contributed by atoms with Crippen molar-refractivity contribution < 1.29 is 9.53 Å². The van der Waals surface area contributed by atoms with Gasteiger partial charge in [-0.15, -0.1) is 0 Å². The van der Waals surface area contributed by atoms with Crippen LogP contribution in [0, 0.1) is 6.92 Å². The highest BCUT2D eigenvalue weighted by Gasteiger charge is 2.14. The van der Waals surface area contributed by atoms with Gasteiger partial charge in [0.05, 0.1) is 12.2 Å². The van der Waals surface area contributed by atoms with Crippen LogP contribution in [0.3, 0.4) is 0 Å². The van der Waals surface area contributed by atoms with Crippen LogP contribution in [-0.2, 0) is 17.9 Å². The normalized spacial score (nSPS) is 10.6. The monoisotopic (exact) mass is 475 g/mol. The fourth-order valence-corrected chi connectivity index (χ4v) is 3.53. The van der Waals surface area contributed by atoms with E-state index in [9.17, 15) is 14.4 Å². The zero-order chi connectivity index (χ0) is 24.1. The van der Waals surface area contributed by atoms with Gasteiger partial charge in [0.25, 0.3) is 5.56 Å². The standard InChI is InChI=1S/C26H22ClN3O4/c1-18-7-10-21(11-8-18)34-23-12-9-20(27)15-22(23)28-24(31)17-30-25(32)13-14-29(26(30)33)16-19-5-3-2-4-6-19/h2-15H,16-17H2,1H3,(H,28,31). The van der Waals surface area contributed by atoms with E-state index < -0.39 is 23.7 Å². The largest absolute Gasteiger partial charge is 0.455 e. The predicted molar refractivity (Wildman–Crippen MR) is 132 cm³/mol. The highest BCUT2D eigenvalue weighted by Crippen LogP contribution is 2.32. The van der Waals surface area contributed by atoms with Crippen LogP contribution >= 0.6 is 11.6 Å². The molecule has 0 unspecified atom stereocenters. The SMILES string of the molecule is Cc1ccc(Oc2ccc(Cl)cc2NC(=O)Cn2c(=O)ccn(Cc3ccccc3)c2=O)cc1. The Bertz CT molecular complexity index is 1430. The minimum Gasteiger partial charge on any atom is -0.455 e. The molecule has 0 bridgehead atoms. The number of rotatable bonds is 7. The Balaban J connectivity index is 1.54. The molecule has 4 rings (SSSR count). The molecule has 0 spiro atoms. The molecule has 3 aromatic carbocycles. The average Bonchev–Trinajstić information content (AvgIpc) is 2.82. The van der Waals surface area contributed by atoms with Crippen LogP contribution in [0.5, 0.6) is 11.5 Å². The molecule has 1 aromatic heterocycles. The first kappa shape index (κ1) is 23.1. The Morgan fingerprint density at radius 3 is 2.44 bits per heavy atom. The van der Waals surface area contributed by atoms with Gasteiger partial charge in [-0.1, -0.05) is 59.6 Å². The van der Waals surface area contributed by atoms with Crippen LogP contribution in [0.1, 0.15) is 11.1 Å². The van der Waals surface area contributed by atoms with Gasteiger partial charge in [0, 0.05) is 17.3 Å². The highest BCUT2D eigenvalue weighted by atomic mass is 35.5. The lowest BCUT2D eigenvalue weighted by Gasteiger charge is -2.14. The number of aromatic nitrogens is 2. The summed E-state index contributed by atoms with van der Waals surface area (Å²) in [5, 5.41) is 3.10. The number of hydrogen-bond donors (Lipinski definition) is 1. The maximum absolute atomic E-state index is 12.9. The van der Waals surface area contributed by atoms with Crippen molar-refractivity contribution in [2.45, 2.75) is 20.0 Å². The van der Waals surface area contributed by atoms with Crippen molar-refractivity contribution in [3.05, 3.63) is 122 Å². The van der Waals surface area contributed by atoms with Crippen LogP contribution in [0.2, 0.25) is 5.02 Å². The van der Waals surface area contributed by atoms with Crippen molar-refractivity contribution in [1.29, 1.82) is 0 Å². The summed E-state index contributed by atoms with van der Waals surface area (Å²) in [7, 11) is 0. The van der Waals surface area contributed by atoms with E-state index in [1.807, 2.05) is 61.5 Å². The van der Waals surface area contributed by atoms with Crippen LogP contribution in [0.4, 0.5) is 5.69 Å². The molecule has 7 nitrogen and oxygen atoms in total. The van der Waals surface area contributed by atoms with Crippen molar-refractivity contribution in [2.24, 2.45) is 0 Å². The van der Waals surface area contributed by atoms with Crippen molar-refractivity contribution in [1.82, 2.24) is 9.13 Å². The summed E-state index contributed by atoms with van der Waals surface area (Å²) in [5.74, 6) is 0.405. The molecule has 0 radical (unpaired) electrons. The highest BCUT2D eigenvalue weighted by molar-refractivity contribution is 6.31. The molecule has 0 aliphatic carbocycles. The first-order valence-corrected chi connectivity index (χ1v) is 10.9. The van der Waals surface area contributed by atoms with Gasteiger partial charge >= 0.3 is 5.69 Å². The quantitative estimate of drug-likeness (QED) is 0.428. The summed E-state index contributed by atoms with van der Waals surface area (Å²) in [6.45, 7) is 1.80. The van der Waals surface area contributed by atoms with Gasteiger partial charge in [-0.25, -0.2) is 4.79 Å². The van der Waals surface area contributed by atoms with Crippen LogP contribution < -0.4 is 21.3 Å². The molecule has 172 valence electrons. The van der Waals surface area contributed by atoms with E-state index >= 15 is 0 Å². The molecule has 0 aliphatic rings. The number of ether oxygens (including phenoxy) is 1. The van der Waals surface area contributed by atoms with Crippen molar-refractivity contribution >= 4 is 23.2 Å². The lowest BCUT2D eigenvalue weighted by Crippen LogP contribution is -2.41. The summed E-state index contributed by atoms with van der Waals surface area (Å²) in [6.07, 6.45) is 1.43. The molecule has 4 aromatic rings. The minimum atomic E-state index is -0.575. The Morgan fingerprint density at radius 1 is 0.971 bits per heavy atom. The van der Waals surface area contributed by atoms with E-state index in [-0.39, 0.29) is 6.54 Å². The molecule has 0 saturated carbocycles. The topological polar surface area (TPSA) is 82.3 Å². The molecule has 0 saturated heterocycles. The summed E-state index contributed by atoms with van der Waals surface area (Å²) in [5.41, 5.74) is 1.17. The molecular weight excluding hydrogens is 454 g/mol. The molecule has 0 aliphatic heterocycles. The Labute approximate surface area is 200 Å². The summed E-state index contributed by atoms with van der Waals surface area (Å²) >= 11 is 6.12. The van der Waals surface area contributed by atoms with Gasteiger partial charge in [0.1, 0.15) is 12.3 Å². The van der Waals surface area contributed by atoms with E-state index in [1.54, 1.807) is 18.2 Å². The Hall–Kier alpha value is -4.10. The molecule has 8 heteroatoms. The molecular formula is C26H22ClN3O4. The van der Waals surface area contributed by atoms with Gasteiger partial charge in [0.15, 0.2) is 5.75 Å². The lowest BCUT2D eigenvalue weighted by atomic mass is 10.2. The van der Waals surface area contributed by atoms with Gasteiger partial charge in [-0.3, -0.25) is 18.7 Å². The third kappa shape index (κ3) is 5.63. The number of anilines is 1. The zero-order valence-corrected chi connectivity index (χ0v) is 19.2. The number of aryl methyl sites for hydroxylation is 1. The smallest absolute Gasteiger partial charge is 0.331 e. The second-order valence-corrected chi connectivity index (χ2v) is 8.18. The Kier molecular flexibility index (Phi) is 6.94. The maximum Gasteiger partial charge on any atom is 0.331 e. The van der Waals surface area contributed by atoms with E-state index in [0.717, 1.165) is 15.7 Å². The third-order valence-corrected chi connectivity index (χ3v) is 5.34. The number of carbonyl (C=O) groups is 1. The molecule has 1 amide bonds. The van der Waals surface area contributed by atoms with Gasteiger partial charge < -0.3 is 10.1 Å². The number of nitrogens with zero attached hydrogens (tertiary/aromatic N) is 2. The second-order valence-electron chi connectivity index (χ2n) is 7.74. The van der Waals surface area contributed by atoms with Crippen molar-refractivity contribution in [3.8, 4) is 11.5 Å². The van der Waals surface area contributed by atoms with E-state index in [1.165, 1.54) is 16.8 Å². The number of halogens is 1. The van der Waals surface area contributed by atoms with Crippen LogP contribution in [-0.4, -0.2) is 15.0 Å². The van der Waals surface area contributed by atoms with E-state index in [0.29, 0.717) is 22.2 Å². The molecule has 34 heavy (non-hydrogen) atoms. The first-order chi connectivity index (χ1) is 16.4. The number of benzene rings is 3.